The summed E-state index contributed by atoms with van der Waals surface area (Å²) in [4.78, 5) is 5.14. The lowest BCUT2D eigenvalue weighted by atomic mass is 9.75. The molecule has 5 heteroatoms. The van der Waals surface area contributed by atoms with Crippen molar-refractivity contribution in [2.24, 2.45) is 16.5 Å². The van der Waals surface area contributed by atoms with Gasteiger partial charge in [-0.15, -0.1) is 0 Å². The van der Waals surface area contributed by atoms with Crippen LogP contribution in [0.2, 0.25) is 0 Å². The van der Waals surface area contributed by atoms with Gasteiger partial charge >= 0.3 is 0 Å². The average molecular weight is 740 g/mol. The Kier molecular flexibility index (Phi) is 9.59. The molecule has 1 aromatic heterocycles. The van der Waals surface area contributed by atoms with Crippen LogP contribution in [0.3, 0.4) is 0 Å². The summed E-state index contributed by atoms with van der Waals surface area (Å²) in [6, 6.07) is 62.6. The Morgan fingerprint density at radius 2 is 1.37 bits per heavy atom. The van der Waals surface area contributed by atoms with Crippen LogP contribution in [0.4, 0.5) is 11.4 Å². The molecular weight excluding hydrogens is 695 g/mol. The minimum atomic E-state index is -0.380. The van der Waals surface area contributed by atoms with E-state index in [2.05, 4.69) is 187 Å². The van der Waals surface area contributed by atoms with E-state index in [0.29, 0.717) is 5.84 Å². The molecule has 57 heavy (non-hydrogen) atoms. The van der Waals surface area contributed by atoms with Crippen LogP contribution in [0.1, 0.15) is 36.1 Å². The van der Waals surface area contributed by atoms with Gasteiger partial charge < -0.3 is 21.4 Å². The Balaban J connectivity index is 1.01. The fourth-order valence-electron chi connectivity index (χ4n) is 8.20. The van der Waals surface area contributed by atoms with Gasteiger partial charge in [-0.2, -0.15) is 0 Å². The second-order valence-electron chi connectivity index (χ2n) is 15.1. The van der Waals surface area contributed by atoms with Crippen molar-refractivity contribution >= 4 is 39.0 Å². The van der Waals surface area contributed by atoms with E-state index < -0.39 is 0 Å². The van der Waals surface area contributed by atoms with E-state index in [0.717, 1.165) is 51.3 Å². The molecule has 278 valence electrons. The van der Waals surface area contributed by atoms with Crippen LogP contribution < -0.4 is 16.8 Å². The number of hydrogen-bond donors (Lipinski definition) is 3. The predicted molar refractivity (Wildman–Crippen MR) is 239 cm³/mol. The van der Waals surface area contributed by atoms with Crippen molar-refractivity contribution in [3.63, 3.8) is 0 Å². The molecule has 5 nitrogen and oxygen atoms in total. The number of fused-ring (bicyclic) bond motifs is 3. The molecule has 9 rings (SSSR count). The van der Waals surface area contributed by atoms with Crippen LogP contribution in [-0.2, 0) is 5.41 Å². The van der Waals surface area contributed by atoms with Crippen LogP contribution in [0.15, 0.2) is 211 Å². The first-order valence-electron chi connectivity index (χ1n) is 19.6. The highest BCUT2D eigenvalue weighted by Gasteiger charge is 2.29. The van der Waals surface area contributed by atoms with E-state index in [1.807, 2.05) is 30.3 Å². The maximum absolute atomic E-state index is 7.08. The molecule has 3 atom stereocenters. The average Bonchev–Trinajstić information content (AvgIpc) is 3.60. The molecule has 0 amide bonds. The van der Waals surface area contributed by atoms with Gasteiger partial charge in [0.05, 0.1) is 23.1 Å². The molecule has 5 N–H and O–H groups in total. The van der Waals surface area contributed by atoms with Crippen LogP contribution in [0, 0.1) is 0 Å². The van der Waals surface area contributed by atoms with Gasteiger partial charge in [0.1, 0.15) is 5.84 Å². The molecule has 2 unspecified atom stereocenters. The summed E-state index contributed by atoms with van der Waals surface area (Å²) >= 11 is 0. The second-order valence-corrected chi connectivity index (χ2v) is 15.1. The summed E-state index contributed by atoms with van der Waals surface area (Å²) in [5.74, 6) is 0.436. The molecule has 1 heterocycles. The maximum Gasteiger partial charge on any atom is 0.126 e. The minimum Gasteiger partial charge on any atom is -0.383 e. The van der Waals surface area contributed by atoms with E-state index in [-0.39, 0.29) is 17.5 Å². The topological polar surface area (TPSA) is 81.4 Å². The van der Waals surface area contributed by atoms with Crippen molar-refractivity contribution in [1.29, 1.82) is 0 Å². The zero-order chi connectivity index (χ0) is 38.8. The van der Waals surface area contributed by atoms with Crippen LogP contribution in [-0.4, -0.2) is 16.4 Å². The maximum atomic E-state index is 7.08. The van der Waals surface area contributed by atoms with E-state index in [4.69, 9.17) is 16.5 Å². The number of amidine groups is 1. The smallest absolute Gasteiger partial charge is 0.126 e. The van der Waals surface area contributed by atoms with Gasteiger partial charge in [0.2, 0.25) is 0 Å². The predicted octanol–water partition coefficient (Wildman–Crippen LogP) is 11.8. The highest BCUT2D eigenvalue weighted by molar-refractivity contribution is 6.10. The number of nitrogens with zero attached hydrogens (tertiary/aromatic N) is 2. The first-order valence-corrected chi connectivity index (χ1v) is 19.6. The molecule has 0 radical (unpaired) electrons. The quantitative estimate of drug-likeness (QED) is 0.0965. The Hall–Kier alpha value is -6.95. The number of nitrogens with one attached hydrogen (secondary N) is 1. The molecule has 1 aliphatic rings. The van der Waals surface area contributed by atoms with Crippen LogP contribution in [0.25, 0.3) is 38.6 Å². The Morgan fingerprint density at radius 1 is 0.684 bits per heavy atom. The number of aliphatic imine (C=N–C) groups is 1. The highest BCUT2D eigenvalue weighted by atomic mass is 15.0. The summed E-state index contributed by atoms with van der Waals surface area (Å²) in [5.41, 5.74) is 25.7. The third-order valence-corrected chi connectivity index (χ3v) is 11.3. The summed E-state index contributed by atoms with van der Waals surface area (Å²) in [6.45, 7) is 2.27. The number of anilines is 2. The molecule has 7 aromatic carbocycles. The van der Waals surface area contributed by atoms with Crippen molar-refractivity contribution in [1.82, 2.24) is 4.57 Å². The largest absolute Gasteiger partial charge is 0.383 e. The third kappa shape index (κ3) is 7.06. The number of hydrogen-bond acceptors (Lipinski definition) is 3. The van der Waals surface area contributed by atoms with Gasteiger partial charge in [-0.3, -0.25) is 4.99 Å². The fraction of sp³-hybridized carbons (Fsp3) is 0.0962. The Bertz CT molecular complexity index is 2780. The molecule has 0 spiro atoms. The molecule has 0 fully saturated rings. The number of rotatable bonds is 10. The minimum absolute atomic E-state index is 0.0867. The number of allylic oxidation sites excluding steroid dienone is 2. The lowest BCUT2D eigenvalue weighted by Crippen LogP contribution is -2.33. The van der Waals surface area contributed by atoms with Crippen molar-refractivity contribution < 1.29 is 0 Å². The SMILES string of the molecule is CC1(c2ccccc2)C=CC([C@@H](N)C(N=C(N)c2cccc(Nc3ccccc3-c3ccc4c(c3)c3ccccc3n4-c3ccccc3)c2)c2ccccc2)=CC1. The van der Waals surface area contributed by atoms with Gasteiger partial charge in [0.15, 0.2) is 0 Å². The third-order valence-electron chi connectivity index (χ3n) is 11.3. The Morgan fingerprint density at radius 3 is 2.14 bits per heavy atom. The van der Waals surface area contributed by atoms with Gasteiger partial charge in [-0.1, -0.05) is 159 Å². The molecular formula is C52H45N5. The standard InChI is InChI=1S/C52H45N5/c1-52(40-19-7-3-8-20-40)32-30-36(31-33-52)49(53)50(37-16-5-2-6-17-37)56-51(54)39-18-15-21-41(34-39)55-46-26-13-11-24-43(46)38-28-29-48-45(35-38)44-25-12-14-27-47(44)57(48)42-22-9-4-10-23-42/h2-32,34-35,49-50,55H,33,53H2,1H3,(H2,54,56)/t49-,50?,52?/m1/s1. The molecule has 8 aromatic rings. The van der Waals surface area contributed by atoms with E-state index in [1.54, 1.807) is 0 Å². The summed E-state index contributed by atoms with van der Waals surface area (Å²) < 4.78 is 2.34. The van der Waals surface area contributed by atoms with Crippen LogP contribution >= 0.6 is 0 Å². The molecule has 0 saturated carbocycles. The highest BCUT2D eigenvalue weighted by Crippen LogP contribution is 2.39. The van der Waals surface area contributed by atoms with E-state index in [1.165, 1.54) is 27.4 Å². The van der Waals surface area contributed by atoms with Gasteiger partial charge in [-0.25, -0.2) is 0 Å². The zero-order valence-corrected chi connectivity index (χ0v) is 32.0. The summed E-state index contributed by atoms with van der Waals surface area (Å²) in [6.07, 6.45) is 7.57. The monoisotopic (exact) mass is 739 g/mol. The lowest BCUT2D eigenvalue weighted by molar-refractivity contribution is 0.571. The summed E-state index contributed by atoms with van der Waals surface area (Å²) in [5, 5.41) is 6.14. The van der Waals surface area contributed by atoms with Gasteiger partial charge in [0, 0.05) is 44.4 Å². The van der Waals surface area contributed by atoms with Gasteiger partial charge in [-0.05, 0) is 77.2 Å². The number of aromatic nitrogens is 1. The normalized spacial score (nSPS) is 16.7. The van der Waals surface area contributed by atoms with Crippen molar-refractivity contribution in [2.75, 3.05) is 5.32 Å². The van der Waals surface area contributed by atoms with Gasteiger partial charge in [0.25, 0.3) is 0 Å². The fourth-order valence-corrected chi connectivity index (χ4v) is 8.20. The van der Waals surface area contributed by atoms with Crippen molar-refractivity contribution in [2.45, 2.75) is 30.8 Å². The zero-order valence-electron chi connectivity index (χ0n) is 32.0. The molecule has 1 aliphatic carbocycles. The molecule has 0 bridgehead atoms. The number of benzene rings is 7. The van der Waals surface area contributed by atoms with Crippen molar-refractivity contribution in [3.8, 4) is 16.8 Å². The first-order chi connectivity index (χ1) is 27.9. The van der Waals surface area contributed by atoms with Crippen molar-refractivity contribution in [3.05, 3.63) is 222 Å². The van der Waals surface area contributed by atoms with E-state index in [9.17, 15) is 0 Å². The second kappa shape index (κ2) is 15.3. The Labute approximate surface area is 334 Å². The molecule has 0 aliphatic heterocycles. The summed E-state index contributed by atoms with van der Waals surface area (Å²) in [7, 11) is 0. The number of para-hydroxylation sites is 3. The number of nitrogens with two attached hydrogens (primary N) is 2. The first kappa shape index (κ1) is 35.7. The lowest BCUT2D eigenvalue weighted by Gasteiger charge is -2.31. The van der Waals surface area contributed by atoms with Crippen LogP contribution in [0.5, 0.6) is 0 Å². The van der Waals surface area contributed by atoms with E-state index >= 15 is 0 Å². The molecule has 0 saturated heterocycles.